The van der Waals surface area contributed by atoms with Crippen LogP contribution in [0.3, 0.4) is 0 Å². The van der Waals surface area contributed by atoms with Gasteiger partial charge in [-0.05, 0) is 49.1 Å². The van der Waals surface area contributed by atoms with Crippen LogP contribution in [-0.4, -0.2) is 32.5 Å². The average Bonchev–Trinajstić information content (AvgIpc) is 2.74. The first-order chi connectivity index (χ1) is 13.6. The third kappa shape index (κ3) is 3.69. The molecule has 0 saturated carbocycles. The molecule has 28 heavy (non-hydrogen) atoms. The maximum Gasteiger partial charge on any atom is 0.274 e. The fraction of sp³-hybridized carbons (Fsp3) is 0.238. The third-order valence-electron chi connectivity index (χ3n) is 4.95. The Bertz CT molecular complexity index is 1030. The number of halogens is 1. The average molecular weight is 378 g/mol. The molecule has 1 aliphatic rings. The summed E-state index contributed by atoms with van der Waals surface area (Å²) in [7, 11) is 0. The van der Waals surface area contributed by atoms with Crippen molar-refractivity contribution in [3.8, 4) is 11.3 Å². The number of carbonyl (C=O) groups is 1. The molecule has 7 heteroatoms. The maximum atomic E-state index is 13.4. The normalized spacial score (nSPS) is 16.8. The van der Waals surface area contributed by atoms with Gasteiger partial charge in [0.15, 0.2) is 0 Å². The van der Waals surface area contributed by atoms with E-state index in [1.165, 1.54) is 24.3 Å². The van der Waals surface area contributed by atoms with Crippen molar-refractivity contribution in [2.45, 2.75) is 25.3 Å². The number of benzene rings is 1. The van der Waals surface area contributed by atoms with E-state index in [4.69, 9.17) is 0 Å². The highest BCUT2D eigenvalue weighted by Gasteiger charge is 2.29. The number of aromatic amines is 1. The molecule has 3 heterocycles. The lowest BCUT2D eigenvalue weighted by atomic mass is 9.95. The second-order valence-corrected chi connectivity index (χ2v) is 6.80. The number of rotatable bonds is 3. The number of likely N-dealkylation sites (tertiary alicyclic amines) is 1. The molecule has 1 amide bonds. The van der Waals surface area contributed by atoms with Crippen LogP contribution in [0.25, 0.3) is 11.3 Å². The Balaban J connectivity index is 1.60. The van der Waals surface area contributed by atoms with Gasteiger partial charge in [0, 0.05) is 24.4 Å². The molecule has 1 unspecified atom stereocenters. The number of nitrogens with one attached hydrogen (secondary N) is 1. The number of hydrogen-bond donors (Lipinski definition) is 1. The van der Waals surface area contributed by atoms with Gasteiger partial charge in [-0.25, -0.2) is 9.49 Å². The first-order valence-electron chi connectivity index (χ1n) is 9.20. The Morgan fingerprint density at radius 1 is 1.14 bits per heavy atom. The molecule has 1 saturated heterocycles. The molecular weight excluding hydrogens is 359 g/mol. The minimum Gasteiger partial charge on any atom is -0.330 e. The van der Waals surface area contributed by atoms with Gasteiger partial charge in [-0.3, -0.25) is 14.6 Å². The topological polar surface area (TPSA) is 79.0 Å². The van der Waals surface area contributed by atoms with Gasteiger partial charge in [0.05, 0.1) is 11.7 Å². The standard InChI is InChI=1S/C21H19FN4O2/c22-16-5-3-4-14(12-16)17-8-7-15(13-23-17)19-6-1-2-11-26(19)21(28)18-9-10-20(27)25-24-18/h3-5,7-10,12-13,19H,1-2,6,11H2,(H,25,27). The lowest BCUT2D eigenvalue weighted by Crippen LogP contribution is -2.39. The molecule has 1 aliphatic heterocycles. The van der Waals surface area contributed by atoms with Gasteiger partial charge >= 0.3 is 0 Å². The number of hydrogen-bond acceptors (Lipinski definition) is 4. The number of carbonyl (C=O) groups excluding carboxylic acids is 1. The van der Waals surface area contributed by atoms with Crippen LogP contribution in [0.5, 0.6) is 0 Å². The Hall–Kier alpha value is -3.35. The van der Waals surface area contributed by atoms with Crippen molar-refractivity contribution in [3.63, 3.8) is 0 Å². The van der Waals surface area contributed by atoms with Gasteiger partial charge in [0.1, 0.15) is 11.5 Å². The van der Waals surface area contributed by atoms with Crippen LogP contribution >= 0.6 is 0 Å². The molecule has 142 valence electrons. The zero-order valence-electron chi connectivity index (χ0n) is 15.1. The van der Waals surface area contributed by atoms with Crippen LogP contribution in [-0.2, 0) is 0 Å². The largest absolute Gasteiger partial charge is 0.330 e. The Kier molecular flexibility index (Phi) is 4.97. The predicted molar refractivity (Wildman–Crippen MR) is 102 cm³/mol. The molecule has 0 aliphatic carbocycles. The Labute approximate surface area is 161 Å². The summed E-state index contributed by atoms with van der Waals surface area (Å²) < 4.78 is 13.4. The minimum absolute atomic E-state index is 0.107. The van der Waals surface area contributed by atoms with Crippen LogP contribution < -0.4 is 5.56 Å². The zero-order valence-corrected chi connectivity index (χ0v) is 15.1. The van der Waals surface area contributed by atoms with Gasteiger partial charge in [-0.1, -0.05) is 18.2 Å². The molecule has 1 atom stereocenters. The summed E-state index contributed by atoms with van der Waals surface area (Å²) in [4.78, 5) is 30.4. The second kappa shape index (κ2) is 7.72. The van der Waals surface area contributed by atoms with Crippen molar-refractivity contribution >= 4 is 5.91 Å². The monoisotopic (exact) mass is 378 g/mol. The van der Waals surface area contributed by atoms with Crippen molar-refractivity contribution in [2.75, 3.05) is 6.54 Å². The quantitative estimate of drug-likeness (QED) is 0.758. The first-order valence-corrected chi connectivity index (χ1v) is 9.20. The molecule has 6 nitrogen and oxygen atoms in total. The summed E-state index contributed by atoms with van der Waals surface area (Å²) >= 11 is 0. The van der Waals surface area contributed by atoms with Gasteiger partial charge in [0.25, 0.3) is 11.5 Å². The smallest absolute Gasteiger partial charge is 0.274 e. The van der Waals surface area contributed by atoms with Crippen LogP contribution in [0, 0.1) is 5.82 Å². The summed E-state index contributed by atoms with van der Waals surface area (Å²) in [5.41, 5.74) is 2.19. The molecular formula is C21H19FN4O2. The summed E-state index contributed by atoms with van der Waals surface area (Å²) in [6.45, 7) is 0.621. The lowest BCUT2D eigenvalue weighted by Gasteiger charge is -2.35. The zero-order chi connectivity index (χ0) is 19.5. The second-order valence-electron chi connectivity index (χ2n) is 6.80. The number of piperidine rings is 1. The van der Waals surface area contributed by atoms with Gasteiger partial charge < -0.3 is 4.90 Å². The van der Waals surface area contributed by atoms with E-state index in [2.05, 4.69) is 15.2 Å². The van der Waals surface area contributed by atoms with E-state index in [0.717, 1.165) is 24.8 Å². The maximum absolute atomic E-state index is 13.4. The number of amides is 1. The molecule has 1 fully saturated rings. The summed E-state index contributed by atoms with van der Waals surface area (Å²) in [6.07, 6.45) is 4.51. The predicted octanol–water partition coefficient (Wildman–Crippen LogP) is 3.34. The first kappa shape index (κ1) is 18.0. The van der Waals surface area contributed by atoms with Crippen molar-refractivity contribution in [1.29, 1.82) is 0 Å². The van der Waals surface area contributed by atoms with E-state index in [1.807, 2.05) is 18.2 Å². The van der Waals surface area contributed by atoms with Crippen LogP contribution in [0.1, 0.15) is 41.4 Å². The Morgan fingerprint density at radius 3 is 2.75 bits per heavy atom. The van der Waals surface area contributed by atoms with E-state index in [-0.39, 0.29) is 29.0 Å². The molecule has 0 radical (unpaired) electrons. The highest BCUT2D eigenvalue weighted by molar-refractivity contribution is 5.92. The number of H-pyrrole nitrogens is 1. The molecule has 3 aromatic rings. The number of pyridine rings is 1. The van der Waals surface area contributed by atoms with E-state index in [9.17, 15) is 14.0 Å². The molecule has 0 spiro atoms. The van der Waals surface area contributed by atoms with E-state index >= 15 is 0 Å². The lowest BCUT2D eigenvalue weighted by molar-refractivity contribution is 0.0603. The van der Waals surface area contributed by atoms with Gasteiger partial charge in [0.2, 0.25) is 0 Å². The fourth-order valence-corrected chi connectivity index (χ4v) is 3.55. The van der Waals surface area contributed by atoms with E-state index < -0.39 is 0 Å². The molecule has 0 bridgehead atoms. The Morgan fingerprint density at radius 2 is 2.04 bits per heavy atom. The van der Waals surface area contributed by atoms with Gasteiger partial charge in [-0.2, -0.15) is 5.10 Å². The highest BCUT2D eigenvalue weighted by Crippen LogP contribution is 2.32. The minimum atomic E-state index is -0.344. The molecule has 4 rings (SSSR count). The van der Waals surface area contributed by atoms with Crippen molar-refractivity contribution in [3.05, 3.63) is 82.2 Å². The molecule has 1 N–H and O–H groups in total. The van der Waals surface area contributed by atoms with Crippen molar-refractivity contribution < 1.29 is 9.18 Å². The fourth-order valence-electron chi connectivity index (χ4n) is 3.55. The molecule has 1 aromatic carbocycles. The summed E-state index contributed by atoms with van der Waals surface area (Å²) in [6, 6.07) is 12.7. The van der Waals surface area contributed by atoms with Gasteiger partial charge in [-0.15, -0.1) is 0 Å². The van der Waals surface area contributed by atoms with Crippen LogP contribution in [0.2, 0.25) is 0 Å². The van der Waals surface area contributed by atoms with Crippen LogP contribution in [0.4, 0.5) is 4.39 Å². The third-order valence-corrected chi connectivity index (χ3v) is 4.95. The summed E-state index contributed by atoms with van der Waals surface area (Å²) in [5, 5.41) is 6.17. The van der Waals surface area contributed by atoms with E-state index in [0.29, 0.717) is 17.8 Å². The van der Waals surface area contributed by atoms with Crippen molar-refractivity contribution in [2.24, 2.45) is 0 Å². The number of aromatic nitrogens is 3. The summed E-state index contributed by atoms with van der Waals surface area (Å²) in [5.74, 6) is -0.518. The molecule has 2 aromatic heterocycles. The van der Waals surface area contributed by atoms with Crippen LogP contribution in [0.15, 0.2) is 59.5 Å². The highest BCUT2D eigenvalue weighted by atomic mass is 19.1. The SMILES string of the molecule is O=C(c1ccc(=O)[nH]n1)N1CCCCC1c1ccc(-c2cccc(F)c2)nc1. The van der Waals surface area contributed by atoms with E-state index in [1.54, 1.807) is 17.2 Å². The van der Waals surface area contributed by atoms with Crippen molar-refractivity contribution in [1.82, 2.24) is 20.1 Å². The number of nitrogens with zero attached hydrogens (tertiary/aromatic N) is 3.